The van der Waals surface area contributed by atoms with Crippen LogP contribution in [0.2, 0.25) is 5.02 Å². The van der Waals surface area contributed by atoms with Crippen LogP contribution in [0, 0.1) is 6.92 Å². The number of nitrogens with one attached hydrogen (secondary N) is 2. The maximum atomic E-state index is 11.7. The van der Waals surface area contributed by atoms with Crippen molar-refractivity contribution in [3.63, 3.8) is 0 Å². The number of carbonyl (C=O) groups excluding carboxylic acids is 1. The van der Waals surface area contributed by atoms with Crippen molar-refractivity contribution >= 4 is 23.3 Å². The Hall–Kier alpha value is -2.20. The Morgan fingerprint density at radius 2 is 1.86 bits per heavy atom. The molecule has 2 N–H and O–H groups in total. The van der Waals surface area contributed by atoms with E-state index in [1.807, 2.05) is 43.3 Å². The molecule has 0 bridgehead atoms. The minimum Gasteiger partial charge on any atom is -0.490 e. The Balaban J connectivity index is 1.73. The van der Waals surface area contributed by atoms with Crippen molar-refractivity contribution in [2.24, 2.45) is 0 Å². The van der Waals surface area contributed by atoms with Crippen LogP contribution in [0.4, 0.5) is 10.5 Å². The quantitative estimate of drug-likeness (QED) is 0.824. The number of amides is 2. The first-order valence-corrected chi connectivity index (χ1v) is 7.02. The molecule has 0 saturated carbocycles. The predicted octanol–water partition coefficient (Wildman–Crippen LogP) is 3.85. The highest BCUT2D eigenvalue weighted by molar-refractivity contribution is 6.32. The van der Waals surface area contributed by atoms with Gasteiger partial charge in [-0.05, 0) is 30.7 Å². The maximum Gasteiger partial charge on any atom is 0.319 e. The standard InChI is InChI=1S/C16H17ClN2O2/c1-12-6-2-4-8-14(12)19-16(20)18-10-11-21-15-9-5-3-7-13(15)17/h2-9H,10-11H2,1H3,(H2,18,19,20). The first-order valence-electron chi connectivity index (χ1n) is 6.64. The first-order chi connectivity index (χ1) is 10.2. The number of hydrogen-bond acceptors (Lipinski definition) is 2. The van der Waals surface area contributed by atoms with Crippen molar-refractivity contribution < 1.29 is 9.53 Å². The van der Waals surface area contributed by atoms with Crippen LogP contribution in [0.5, 0.6) is 5.75 Å². The van der Waals surface area contributed by atoms with E-state index >= 15 is 0 Å². The number of halogens is 1. The zero-order chi connectivity index (χ0) is 15.1. The topological polar surface area (TPSA) is 50.4 Å². The summed E-state index contributed by atoms with van der Waals surface area (Å²) in [6, 6.07) is 14.6. The molecule has 0 aromatic heterocycles. The van der Waals surface area contributed by atoms with E-state index in [2.05, 4.69) is 10.6 Å². The molecule has 5 heteroatoms. The number of anilines is 1. The highest BCUT2D eigenvalue weighted by atomic mass is 35.5. The minimum absolute atomic E-state index is 0.257. The van der Waals surface area contributed by atoms with Crippen LogP contribution in [-0.4, -0.2) is 19.2 Å². The van der Waals surface area contributed by atoms with Crippen LogP contribution in [0.25, 0.3) is 0 Å². The van der Waals surface area contributed by atoms with Crippen molar-refractivity contribution in [1.29, 1.82) is 0 Å². The van der Waals surface area contributed by atoms with Gasteiger partial charge < -0.3 is 15.4 Å². The molecule has 0 saturated heterocycles. The average Bonchev–Trinajstić information content (AvgIpc) is 2.48. The number of ether oxygens (including phenoxy) is 1. The van der Waals surface area contributed by atoms with E-state index < -0.39 is 0 Å². The van der Waals surface area contributed by atoms with Crippen molar-refractivity contribution in [3.05, 3.63) is 59.1 Å². The maximum absolute atomic E-state index is 11.7. The number of para-hydroxylation sites is 2. The lowest BCUT2D eigenvalue weighted by molar-refractivity contribution is 0.247. The summed E-state index contributed by atoms with van der Waals surface area (Å²) in [6.45, 7) is 2.68. The summed E-state index contributed by atoms with van der Waals surface area (Å²) in [5.41, 5.74) is 1.81. The molecule has 110 valence electrons. The molecule has 2 rings (SSSR count). The Kier molecular flexibility index (Phi) is 5.46. The number of benzene rings is 2. The molecular weight excluding hydrogens is 288 g/mol. The van der Waals surface area contributed by atoms with Gasteiger partial charge in [0.25, 0.3) is 0 Å². The molecule has 0 aliphatic heterocycles. The molecule has 2 aromatic rings. The van der Waals surface area contributed by atoms with Gasteiger partial charge in [0.15, 0.2) is 0 Å². The third-order valence-corrected chi connectivity index (χ3v) is 3.19. The van der Waals surface area contributed by atoms with Crippen LogP contribution < -0.4 is 15.4 Å². The van der Waals surface area contributed by atoms with Gasteiger partial charge in [0.1, 0.15) is 12.4 Å². The summed E-state index contributed by atoms with van der Waals surface area (Å²) in [4.78, 5) is 11.7. The van der Waals surface area contributed by atoms with E-state index in [0.717, 1.165) is 11.3 Å². The Bertz CT molecular complexity index is 617. The van der Waals surface area contributed by atoms with E-state index in [0.29, 0.717) is 23.9 Å². The normalized spacial score (nSPS) is 10.0. The average molecular weight is 305 g/mol. The highest BCUT2D eigenvalue weighted by Gasteiger charge is 2.03. The SMILES string of the molecule is Cc1ccccc1NC(=O)NCCOc1ccccc1Cl. The van der Waals surface area contributed by atoms with Gasteiger partial charge >= 0.3 is 6.03 Å². The van der Waals surface area contributed by atoms with Gasteiger partial charge in [-0.3, -0.25) is 0 Å². The van der Waals surface area contributed by atoms with Crippen molar-refractivity contribution in [2.45, 2.75) is 6.92 Å². The molecule has 2 amide bonds. The number of rotatable bonds is 5. The third-order valence-electron chi connectivity index (χ3n) is 2.88. The second kappa shape index (κ2) is 7.55. The van der Waals surface area contributed by atoms with Gasteiger partial charge in [0, 0.05) is 5.69 Å². The molecule has 0 atom stereocenters. The van der Waals surface area contributed by atoms with Crippen molar-refractivity contribution in [2.75, 3.05) is 18.5 Å². The summed E-state index contributed by atoms with van der Waals surface area (Å²) >= 11 is 5.97. The fourth-order valence-corrected chi connectivity index (χ4v) is 1.96. The summed E-state index contributed by atoms with van der Waals surface area (Å²) in [7, 11) is 0. The van der Waals surface area contributed by atoms with E-state index in [1.54, 1.807) is 12.1 Å². The molecule has 0 aliphatic rings. The molecular formula is C16H17ClN2O2. The van der Waals surface area contributed by atoms with Gasteiger partial charge in [-0.1, -0.05) is 41.9 Å². The molecule has 0 radical (unpaired) electrons. The molecule has 21 heavy (non-hydrogen) atoms. The largest absolute Gasteiger partial charge is 0.490 e. The second-order valence-electron chi connectivity index (χ2n) is 4.47. The Labute approximate surface area is 129 Å². The molecule has 0 aliphatic carbocycles. The van der Waals surface area contributed by atoms with Gasteiger partial charge in [-0.2, -0.15) is 0 Å². The van der Waals surface area contributed by atoms with E-state index in [9.17, 15) is 4.79 Å². The van der Waals surface area contributed by atoms with Gasteiger partial charge in [0.2, 0.25) is 0 Å². The molecule has 0 spiro atoms. The Morgan fingerprint density at radius 1 is 1.14 bits per heavy atom. The highest BCUT2D eigenvalue weighted by Crippen LogP contribution is 2.22. The summed E-state index contributed by atoms with van der Waals surface area (Å²) in [5.74, 6) is 0.611. The van der Waals surface area contributed by atoms with Crippen LogP contribution >= 0.6 is 11.6 Å². The lowest BCUT2D eigenvalue weighted by atomic mass is 10.2. The van der Waals surface area contributed by atoms with E-state index in [4.69, 9.17) is 16.3 Å². The molecule has 0 unspecified atom stereocenters. The van der Waals surface area contributed by atoms with Gasteiger partial charge in [-0.15, -0.1) is 0 Å². The van der Waals surface area contributed by atoms with Crippen molar-refractivity contribution in [3.8, 4) is 5.75 Å². The van der Waals surface area contributed by atoms with Crippen LogP contribution in [0.3, 0.4) is 0 Å². The van der Waals surface area contributed by atoms with E-state index in [-0.39, 0.29) is 6.03 Å². The smallest absolute Gasteiger partial charge is 0.319 e. The summed E-state index contributed by atoms with van der Waals surface area (Å²) in [6.07, 6.45) is 0. The minimum atomic E-state index is -0.257. The van der Waals surface area contributed by atoms with Gasteiger partial charge in [-0.25, -0.2) is 4.79 Å². The molecule has 0 fully saturated rings. The summed E-state index contributed by atoms with van der Waals surface area (Å²) in [5, 5.41) is 6.08. The number of aryl methyl sites for hydroxylation is 1. The fourth-order valence-electron chi connectivity index (χ4n) is 1.77. The monoisotopic (exact) mass is 304 g/mol. The zero-order valence-electron chi connectivity index (χ0n) is 11.7. The van der Waals surface area contributed by atoms with Crippen LogP contribution in [0.1, 0.15) is 5.56 Å². The van der Waals surface area contributed by atoms with Crippen LogP contribution in [-0.2, 0) is 0 Å². The number of urea groups is 1. The second-order valence-corrected chi connectivity index (χ2v) is 4.88. The number of hydrogen-bond donors (Lipinski definition) is 2. The third kappa shape index (κ3) is 4.68. The van der Waals surface area contributed by atoms with Gasteiger partial charge in [0.05, 0.1) is 11.6 Å². The molecule has 4 nitrogen and oxygen atoms in total. The molecule has 0 heterocycles. The Morgan fingerprint density at radius 3 is 2.62 bits per heavy atom. The first kappa shape index (κ1) is 15.2. The lowest BCUT2D eigenvalue weighted by Crippen LogP contribution is -2.32. The van der Waals surface area contributed by atoms with Crippen LogP contribution in [0.15, 0.2) is 48.5 Å². The summed E-state index contributed by atoms with van der Waals surface area (Å²) < 4.78 is 5.49. The molecule has 2 aromatic carbocycles. The van der Waals surface area contributed by atoms with Crippen molar-refractivity contribution in [1.82, 2.24) is 5.32 Å². The zero-order valence-corrected chi connectivity index (χ0v) is 12.5. The lowest BCUT2D eigenvalue weighted by Gasteiger charge is -2.11. The van der Waals surface area contributed by atoms with E-state index in [1.165, 1.54) is 0 Å². The predicted molar refractivity (Wildman–Crippen MR) is 85.1 cm³/mol. The fraction of sp³-hybridized carbons (Fsp3) is 0.188. The number of carbonyl (C=O) groups is 1.